The zero-order chi connectivity index (χ0) is 23.7. The lowest BCUT2D eigenvalue weighted by molar-refractivity contribution is -0.114. The van der Waals surface area contributed by atoms with Gasteiger partial charge in [0, 0.05) is 33.7 Å². The minimum absolute atomic E-state index is 0.189. The standard InChI is InChI=1S/C26H20BrN3O3S/c27-20-7-10-24-23(16-20)22-3-1-2-4-25(22)34(32,33)30(24)17-26(31)29-21-8-5-18(6-9-21)15-19-11-13-28-14-12-19/h1-14,16H,15,17H2,(H,29,31). The Bertz CT molecular complexity index is 1470. The van der Waals surface area contributed by atoms with Gasteiger partial charge in [-0.2, -0.15) is 0 Å². The van der Waals surface area contributed by atoms with E-state index in [1.54, 1.807) is 48.8 Å². The molecule has 0 atom stereocenters. The average molecular weight is 534 g/mol. The van der Waals surface area contributed by atoms with E-state index in [4.69, 9.17) is 0 Å². The summed E-state index contributed by atoms with van der Waals surface area (Å²) in [7, 11) is -3.89. The van der Waals surface area contributed by atoms with Gasteiger partial charge in [0.25, 0.3) is 10.0 Å². The number of fused-ring (bicyclic) bond motifs is 3. The SMILES string of the molecule is O=C(CN1c2ccc(Br)cc2-c2ccccc2S1(=O)=O)Nc1ccc(Cc2ccncc2)cc1. The Labute approximate surface area is 206 Å². The third kappa shape index (κ3) is 4.34. The van der Waals surface area contributed by atoms with E-state index < -0.39 is 15.9 Å². The molecule has 1 amide bonds. The lowest BCUT2D eigenvalue weighted by atomic mass is 10.0. The molecule has 1 N–H and O–H groups in total. The molecule has 0 saturated heterocycles. The first-order valence-corrected chi connectivity index (χ1v) is 12.8. The third-order valence-electron chi connectivity index (χ3n) is 5.66. The van der Waals surface area contributed by atoms with Gasteiger partial charge in [0.05, 0.1) is 10.6 Å². The lowest BCUT2D eigenvalue weighted by Crippen LogP contribution is -2.40. The summed E-state index contributed by atoms with van der Waals surface area (Å²) in [4.78, 5) is 17.1. The summed E-state index contributed by atoms with van der Waals surface area (Å²) in [6.45, 7) is -0.329. The molecule has 1 aromatic heterocycles. The monoisotopic (exact) mass is 533 g/mol. The van der Waals surface area contributed by atoms with Crippen LogP contribution in [0.3, 0.4) is 0 Å². The van der Waals surface area contributed by atoms with E-state index in [0.29, 0.717) is 16.9 Å². The number of halogens is 1. The fourth-order valence-electron chi connectivity index (χ4n) is 4.05. The van der Waals surface area contributed by atoms with Gasteiger partial charge < -0.3 is 5.32 Å². The highest BCUT2D eigenvalue weighted by Crippen LogP contribution is 2.43. The number of anilines is 2. The van der Waals surface area contributed by atoms with Crippen LogP contribution in [0.25, 0.3) is 11.1 Å². The molecule has 4 aromatic rings. The molecule has 3 aromatic carbocycles. The number of hydrogen-bond acceptors (Lipinski definition) is 4. The number of rotatable bonds is 5. The summed E-state index contributed by atoms with van der Waals surface area (Å²) in [5, 5.41) is 2.82. The molecule has 2 heterocycles. The van der Waals surface area contributed by atoms with Crippen LogP contribution in [0.1, 0.15) is 11.1 Å². The molecule has 0 fully saturated rings. The molecular weight excluding hydrogens is 514 g/mol. The van der Waals surface area contributed by atoms with E-state index >= 15 is 0 Å². The highest BCUT2D eigenvalue weighted by atomic mass is 79.9. The fourth-order valence-corrected chi connectivity index (χ4v) is 6.06. The van der Waals surface area contributed by atoms with Crippen LogP contribution in [0.2, 0.25) is 0 Å². The van der Waals surface area contributed by atoms with E-state index in [-0.39, 0.29) is 11.4 Å². The topological polar surface area (TPSA) is 79.4 Å². The summed E-state index contributed by atoms with van der Waals surface area (Å²) in [5.74, 6) is -0.418. The van der Waals surface area contributed by atoms with Crippen molar-refractivity contribution in [3.8, 4) is 11.1 Å². The van der Waals surface area contributed by atoms with Gasteiger partial charge in [-0.05, 0) is 66.1 Å². The van der Waals surface area contributed by atoms with Crippen LogP contribution in [0.15, 0.2) is 101 Å². The maximum Gasteiger partial charge on any atom is 0.265 e. The second-order valence-corrected chi connectivity index (χ2v) is 10.7. The Morgan fingerprint density at radius 3 is 2.35 bits per heavy atom. The minimum atomic E-state index is -3.89. The second kappa shape index (κ2) is 9.04. The summed E-state index contributed by atoms with van der Waals surface area (Å²) in [6, 6.07) is 23.6. The second-order valence-electron chi connectivity index (χ2n) is 7.95. The molecule has 0 bridgehead atoms. The average Bonchev–Trinajstić information content (AvgIpc) is 2.84. The molecule has 0 spiro atoms. The highest BCUT2D eigenvalue weighted by molar-refractivity contribution is 9.10. The van der Waals surface area contributed by atoms with Crippen molar-refractivity contribution in [2.45, 2.75) is 11.3 Å². The largest absolute Gasteiger partial charge is 0.325 e. The van der Waals surface area contributed by atoms with Crippen molar-refractivity contribution in [1.29, 1.82) is 0 Å². The first-order chi connectivity index (χ1) is 16.4. The number of sulfonamides is 1. The first-order valence-electron chi connectivity index (χ1n) is 10.6. The van der Waals surface area contributed by atoms with Gasteiger partial charge in [0.1, 0.15) is 6.54 Å². The van der Waals surface area contributed by atoms with Gasteiger partial charge in [-0.15, -0.1) is 0 Å². The smallest absolute Gasteiger partial charge is 0.265 e. The molecule has 34 heavy (non-hydrogen) atoms. The molecule has 8 heteroatoms. The molecule has 1 aliphatic rings. The maximum absolute atomic E-state index is 13.4. The predicted molar refractivity (Wildman–Crippen MR) is 136 cm³/mol. The highest BCUT2D eigenvalue weighted by Gasteiger charge is 2.35. The number of carbonyl (C=O) groups excluding carboxylic acids is 1. The van der Waals surface area contributed by atoms with E-state index in [2.05, 4.69) is 26.2 Å². The van der Waals surface area contributed by atoms with Crippen molar-refractivity contribution in [2.75, 3.05) is 16.2 Å². The molecule has 6 nitrogen and oxygen atoms in total. The summed E-state index contributed by atoms with van der Waals surface area (Å²) < 4.78 is 28.8. The number of nitrogens with zero attached hydrogens (tertiary/aromatic N) is 2. The number of amides is 1. The Hall–Kier alpha value is -3.49. The molecular formula is C26H20BrN3O3S. The van der Waals surface area contributed by atoms with Gasteiger partial charge >= 0.3 is 0 Å². The van der Waals surface area contributed by atoms with Gasteiger partial charge in [-0.3, -0.25) is 14.1 Å². The lowest BCUT2D eigenvalue weighted by Gasteiger charge is -2.31. The molecule has 0 aliphatic carbocycles. The Morgan fingerprint density at radius 2 is 1.59 bits per heavy atom. The number of pyridine rings is 1. The number of hydrogen-bond donors (Lipinski definition) is 1. The van der Waals surface area contributed by atoms with E-state index in [0.717, 1.165) is 27.6 Å². The van der Waals surface area contributed by atoms with Crippen LogP contribution in [0.4, 0.5) is 11.4 Å². The third-order valence-corrected chi connectivity index (χ3v) is 7.97. The van der Waals surface area contributed by atoms with Crippen LogP contribution in [-0.2, 0) is 21.2 Å². The molecule has 1 aliphatic heterocycles. The van der Waals surface area contributed by atoms with Crippen molar-refractivity contribution >= 4 is 43.2 Å². The summed E-state index contributed by atoms with van der Waals surface area (Å²) in [5.41, 5.74) is 4.71. The van der Waals surface area contributed by atoms with Gasteiger partial charge in [-0.1, -0.05) is 46.3 Å². The maximum atomic E-state index is 13.4. The normalized spacial score (nSPS) is 13.6. The van der Waals surface area contributed by atoms with E-state index in [1.807, 2.05) is 42.5 Å². The van der Waals surface area contributed by atoms with Crippen LogP contribution in [-0.4, -0.2) is 25.9 Å². The van der Waals surface area contributed by atoms with Crippen molar-refractivity contribution in [1.82, 2.24) is 4.98 Å². The number of benzene rings is 3. The van der Waals surface area contributed by atoms with E-state index in [1.165, 1.54) is 4.31 Å². The predicted octanol–water partition coefficient (Wildman–Crippen LogP) is 5.25. The Balaban J connectivity index is 1.36. The minimum Gasteiger partial charge on any atom is -0.325 e. The summed E-state index contributed by atoms with van der Waals surface area (Å²) in [6.07, 6.45) is 4.27. The van der Waals surface area contributed by atoms with Crippen LogP contribution >= 0.6 is 15.9 Å². The van der Waals surface area contributed by atoms with Crippen LogP contribution in [0, 0.1) is 0 Å². The number of aromatic nitrogens is 1. The van der Waals surface area contributed by atoms with Crippen LogP contribution in [0.5, 0.6) is 0 Å². The quantitative estimate of drug-likeness (QED) is 0.380. The van der Waals surface area contributed by atoms with Crippen molar-refractivity contribution in [3.05, 3.63) is 107 Å². The van der Waals surface area contributed by atoms with Crippen molar-refractivity contribution < 1.29 is 13.2 Å². The Kier molecular flexibility index (Phi) is 5.93. The van der Waals surface area contributed by atoms with Gasteiger partial charge in [0.2, 0.25) is 5.91 Å². The van der Waals surface area contributed by atoms with Crippen molar-refractivity contribution in [2.24, 2.45) is 0 Å². The van der Waals surface area contributed by atoms with Crippen LogP contribution < -0.4 is 9.62 Å². The molecule has 5 rings (SSSR count). The zero-order valence-electron chi connectivity index (χ0n) is 18.0. The zero-order valence-corrected chi connectivity index (χ0v) is 20.4. The molecule has 0 saturated carbocycles. The van der Waals surface area contributed by atoms with E-state index in [9.17, 15) is 13.2 Å². The molecule has 170 valence electrons. The Morgan fingerprint density at radius 1 is 0.882 bits per heavy atom. The fraction of sp³-hybridized carbons (Fsp3) is 0.0769. The van der Waals surface area contributed by atoms with Gasteiger partial charge in [-0.25, -0.2) is 8.42 Å². The van der Waals surface area contributed by atoms with Crippen molar-refractivity contribution in [3.63, 3.8) is 0 Å². The molecule has 0 unspecified atom stereocenters. The summed E-state index contributed by atoms with van der Waals surface area (Å²) >= 11 is 3.46. The van der Waals surface area contributed by atoms with Gasteiger partial charge in [0.15, 0.2) is 0 Å². The first kappa shape index (κ1) is 22.3. The molecule has 0 radical (unpaired) electrons. The number of nitrogens with one attached hydrogen (secondary N) is 1. The number of carbonyl (C=O) groups is 1.